The van der Waals surface area contributed by atoms with Gasteiger partial charge in [0, 0.05) is 17.6 Å². The Kier molecular flexibility index (Phi) is 4.13. The molecule has 112 valence electrons. The number of hydrogen-bond donors (Lipinski definition) is 2. The molecule has 1 aliphatic rings. The van der Waals surface area contributed by atoms with Crippen LogP contribution in [0.2, 0.25) is 5.02 Å². The molecule has 8 heteroatoms. The number of carbonyl (C=O) groups excluding carboxylic acids is 1. The van der Waals surface area contributed by atoms with Crippen molar-refractivity contribution in [1.29, 1.82) is 0 Å². The molecule has 0 spiro atoms. The van der Waals surface area contributed by atoms with E-state index in [4.69, 9.17) is 11.6 Å². The largest absolute Gasteiger partial charge is 0.481 e. The summed E-state index contributed by atoms with van der Waals surface area (Å²) in [5.74, 6) is -1.66. The SMILES string of the molecule is O=C(NCC1(C(=O)O)CCC1)c1cc(Cl)ccc1[N+](=O)[O-]. The van der Waals surface area contributed by atoms with Gasteiger partial charge in [-0.15, -0.1) is 0 Å². The second kappa shape index (κ2) is 5.69. The van der Waals surface area contributed by atoms with E-state index >= 15 is 0 Å². The van der Waals surface area contributed by atoms with Crippen LogP contribution >= 0.6 is 11.6 Å². The first-order chi connectivity index (χ1) is 9.85. The van der Waals surface area contributed by atoms with Crippen molar-refractivity contribution in [3.63, 3.8) is 0 Å². The fourth-order valence-corrected chi connectivity index (χ4v) is 2.44. The molecule has 2 N–H and O–H groups in total. The molecule has 1 amide bonds. The minimum Gasteiger partial charge on any atom is -0.481 e. The molecule has 21 heavy (non-hydrogen) atoms. The van der Waals surface area contributed by atoms with E-state index in [-0.39, 0.29) is 22.8 Å². The summed E-state index contributed by atoms with van der Waals surface area (Å²) in [6.45, 7) is -0.0508. The molecule has 0 saturated heterocycles. The molecule has 1 aliphatic carbocycles. The summed E-state index contributed by atoms with van der Waals surface area (Å²) in [6.07, 6.45) is 1.76. The van der Waals surface area contributed by atoms with E-state index in [1.165, 1.54) is 12.1 Å². The zero-order valence-corrected chi connectivity index (χ0v) is 11.7. The van der Waals surface area contributed by atoms with E-state index < -0.39 is 22.2 Å². The van der Waals surface area contributed by atoms with Gasteiger partial charge in [0.05, 0.1) is 10.3 Å². The van der Waals surface area contributed by atoms with Crippen LogP contribution in [0.15, 0.2) is 18.2 Å². The number of hydrogen-bond acceptors (Lipinski definition) is 4. The van der Waals surface area contributed by atoms with Crippen LogP contribution in [0.3, 0.4) is 0 Å². The molecule has 2 rings (SSSR count). The Morgan fingerprint density at radius 3 is 2.57 bits per heavy atom. The summed E-state index contributed by atoms with van der Waals surface area (Å²) in [4.78, 5) is 33.5. The van der Waals surface area contributed by atoms with E-state index in [9.17, 15) is 24.8 Å². The molecule has 7 nitrogen and oxygen atoms in total. The molecular formula is C13H13ClN2O5. The molecule has 0 radical (unpaired) electrons. The van der Waals surface area contributed by atoms with Crippen LogP contribution < -0.4 is 5.32 Å². The molecule has 1 saturated carbocycles. The van der Waals surface area contributed by atoms with Crippen molar-refractivity contribution >= 4 is 29.2 Å². The van der Waals surface area contributed by atoms with Gasteiger partial charge in [0.25, 0.3) is 11.6 Å². The molecule has 0 unspecified atom stereocenters. The Bertz CT molecular complexity index is 613. The first-order valence-electron chi connectivity index (χ1n) is 6.31. The average Bonchev–Trinajstić information content (AvgIpc) is 2.36. The van der Waals surface area contributed by atoms with Crippen LogP contribution in [0.5, 0.6) is 0 Å². The second-order valence-electron chi connectivity index (χ2n) is 5.04. The fraction of sp³-hybridized carbons (Fsp3) is 0.385. The van der Waals surface area contributed by atoms with Gasteiger partial charge in [-0.3, -0.25) is 19.7 Å². The fourth-order valence-electron chi connectivity index (χ4n) is 2.26. The lowest BCUT2D eigenvalue weighted by Gasteiger charge is -2.37. The summed E-state index contributed by atoms with van der Waals surface area (Å²) in [5, 5.41) is 22.7. The zero-order valence-electron chi connectivity index (χ0n) is 11.0. The summed E-state index contributed by atoms with van der Waals surface area (Å²) in [7, 11) is 0. The van der Waals surface area contributed by atoms with Gasteiger partial charge in [0.15, 0.2) is 0 Å². The lowest BCUT2D eigenvalue weighted by Crippen LogP contribution is -2.47. The quantitative estimate of drug-likeness (QED) is 0.640. The van der Waals surface area contributed by atoms with Crippen LogP contribution in [0.4, 0.5) is 5.69 Å². The predicted octanol–water partition coefficient (Wildman–Crippen LogP) is 2.23. The van der Waals surface area contributed by atoms with Gasteiger partial charge in [-0.05, 0) is 25.0 Å². The average molecular weight is 313 g/mol. The minimum atomic E-state index is -0.963. The third-order valence-electron chi connectivity index (χ3n) is 3.75. The van der Waals surface area contributed by atoms with Crippen molar-refractivity contribution in [2.75, 3.05) is 6.54 Å². The van der Waals surface area contributed by atoms with Crippen molar-refractivity contribution in [2.45, 2.75) is 19.3 Å². The van der Waals surface area contributed by atoms with E-state index in [1.54, 1.807) is 0 Å². The highest BCUT2D eigenvalue weighted by atomic mass is 35.5. The number of halogens is 1. The maximum absolute atomic E-state index is 12.1. The molecule has 0 aliphatic heterocycles. The number of nitro groups is 1. The predicted molar refractivity (Wildman–Crippen MR) is 74.4 cm³/mol. The second-order valence-corrected chi connectivity index (χ2v) is 5.48. The molecule has 1 aromatic carbocycles. The van der Waals surface area contributed by atoms with Gasteiger partial charge in [-0.25, -0.2) is 0 Å². The van der Waals surface area contributed by atoms with E-state index in [1.807, 2.05) is 0 Å². The lowest BCUT2D eigenvalue weighted by atomic mass is 9.69. The number of benzene rings is 1. The van der Waals surface area contributed by atoms with Crippen LogP contribution in [0.1, 0.15) is 29.6 Å². The number of amides is 1. The summed E-state index contributed by atoms with van der Waals surface area (Å²) in [6, 6.07) is 3.66. The van der Waals surface area contributed by atoms with Crippen molar-refractivity contribution in [3.8, 4) is 0 Å². The molecular weight excluding hydrogens is 300 g/mol. The van der Waals surface area contributed by atoms with Crippen LogP contribution in [-0.4, -0.2) is 28.5 Å². The Morgan fingerprint density at radius 1 is 1.43 bits per heavy atom. The number of nitrogens with one attached hydrogen (secondary N) is 1. The lowest BCUT2D eigenvalue weighted by molar-refractivity contribution is -0.385. The standard InChI is InChI=1S/C13H13ClN2O5/c14-8-2-3-10(16(20)21)9(6-8)11(17)15-7-13(12(18)19)4-1-5-13/h2-3,6H,1,4-5,7H2,(H,15,17)(H,18,19). The van der Waals surface area contributed by atoms with Crippen molar-refractivity contribution in [1.82, 2.24) is 5.32 Å². The van der Waals surface area contributed by atoms with Crippen LogP contribution in [-0.2, 0) is 4.79 Å². The first kappa shape index (κ1) is 15.2. The highest BCUT2D eigenvalue weighted by molar-refractivity contribution is 6.31. The summed E-state index contributed by atoms with van der Waals surface area (Å²) in [5.41, 5.74) is -1.49. The monoisotopic (exact) mass is 312 g/mol. The highest BCUT2D eigenvalue weighted by Gasteiger charge is 2.44. The third-order valence-corrected chi connectivity index (χ3v) is 3.99. The van der Waals surface area contributed by atoms with Crippen molar-refractivity contribution in [2.24, 2.45) is 5.41 Å². The number of nitro benzene ring substituents is 1. The van der Waals surface area contributed by atoms with E-state index in [0.29, 0.717) is 12.8 Å². The van der Waals surface area contributed by atoms with Gasteiger partial charge in [0.1, 0.15) is 5.56 Å². The number of rotatable bonds is 5. The van der Waals surface area contributed by atoms with E-state index in [2.05, 4.69) is 5.32 Å². The molecule has 0 aromatic heterocycles. The summed E-state index contributed by atoms with van der Waals surface area (Å²) < 4.78 is 0. The minimum absolute atomic E-state index is 0.0508. The Hall–Kier alpha value is -2.15. The third kappa shape index (κ3) is 2.97. The van der Waals surface area contributed by atoms with Gasteiger partial charge in [-0.2, -0.15) is 0 Å². The normalized spacial score (nSPS) is 15.9. The van der Waals surface area contributed by atoms with Crippen molar-refractivity contribution < 1.29 is 19.6 Å². The van der Waals surface area contributed by atoms with Crippen molar-refractivity contribution in [3.05, 3.63) is 38.9 Å². The smallest absolute Gasteiger partial charge is 0.311 e. The number of carboxylic acids is 1. The Labute approximate surface area is 125 Å². The highest BCUT2D eigenvalue weighted by Crippen LogP contribution is 2.40. The summed E-state index contributed by atoms with van der Waals surface area (Å²) >= 11 is 5.75. The van der Waals surface area contributed by atoms with Gasteiger partial charge in [-0.1, -0.05) is 18.0 Å². The molecule has 0 bridgehead atoms. The zero-order chi connectivity index (χ0) is 15.6. The number of nitrogens with zero attached hydrogens (tertiary/aromatic N) is 1. The van der Waals surface area contributed by atoms with E-state index in [0.717, 1.165) is 12.5 Å². The topological polar surface area (TPSA) is 110 Å². The van der Waals surface area contributed by atoms with Crippen LogP contribution in [0, 0.1) is 15.5 Å². The maximum atomic E-state index is 12.1. The molecule has 1 aromatic rings. The maximum Gasteiger partial charge on any atom is 0.311 e. The first-order valence-corrected chi connectivity index (χ1v) is 6.69. The van der Waals surface area contributed by atoms with Gasteiger partial charge >= 0.3 is 5.97 Å². The number of aliphatic carboxylic acids is 1. The van der Waals surface area contributed by atoms with Crippen LogP contribution in [0.25, 0.3) is 0 Å². The molecule has 0 atom stereocenters. The van der Waals surface area contributed by atoms with Gasteiger partial charge < -0.3 is 10.4 Å². The van der Waals surface area contributed by atoms with Gasteiger partial charge in [0.2, 0.25) is 0 Å². The Balaban J connectivity index is 2.15. The Morgan fingerprint density at radius 2 is 2.10 bits per heavy atom. The number of carbonyl (C=O) groups is 2. The molecule has 0 heterocycles. The molecule has 1 fully saturated rings. The number of carboxylic acid groups (broad SMARTS) is 1.